The molecule has 0 saturated heterocycles. The van der Waals surface area contributed by atoms with E-state index in [0.29, 0.717) is 25.9 Å². The van der Waals surface area contributed by atoms with Gasteiger partial charge in [0.05, 0.1) is 31.5 Å². The Balaban J connectivity index is 3.40. The highest BCUT2D eigenvalue weighted by Crippen LogP contribution is 2.18. The Labute approximate surface area is 454 Å². The van der Waals surface area contributed by atoms with Crippen molar-refractivity contribution in [1.29, 1.82) is 0 Å². The molecular weight excluding hydrogens is 903 g/mol. The van der Waals surface area contributed by atoms with Crippen LogP contribution >= 0.6 is 0 Å². The third-order valence-electron chi connectivity index (χ3n) is 15.0. The van der Waals surface area contributed by atoms with Gasteiger partial charge in [-0.15, -0.1) is 0 Å². The van der Waals surface area contributed by atoms with E-state index >= 15 is 0 Å². The maximum Gasteiger partial charge on any atom is 0.305 e. The largest absolute Gasteiger partial charge is 0.466 e. The van der Waals surface area contributed by atoms with Gasteiger partial charge in [-0.05, 0) is 57.8 Å². The van der Waals surface area contributed by atoms with E-state index in [9.17, 15) is 24.9 Å². The summed E-state index contributed by atoms with van der Waals surface area (Å²) in [4.78, 5) is 24.5. The highest BCUT2D eigenvalue weighted by Gasteiger charge is 2.18. The fourth-order valence-electron chi connectivity index (χ4n) is 9.98. The Morgan fingerprint density at radius 2 is 0.753 bits per heavy atom. The molecule has 0 spiro atoms. The number of allylic oxidation sites excluding steroid dienone is 4. The summed E-state index contributed by atoms with van der Waals surface area (Å²) < 4.78 is 5.48. The molecule has 0 aliphatic carbocycles. The molecule has 0 rings (SSSR count). The first-order valence-corrected chi connectivity index (χ1v) is 32.3. The Kier molecular flexibility index (Phi) is 59.3. The zero-order valence-electron chi connectivity index (χ0n) is 48.7. The van der Waals surface area contributed by atoms with Crippen molar-refractivity contribution in [3.8, 4) is 0 Å². The minimum absolute atomic E-state index is 0.000923. The second kappa shape index (κ2) is 60.9. The lowest BCUT2D eigenvalue weighted by Crippen LogP contribution is -2.45. The van der Waals surface area contributed by atoms with Crippen LogP contribution < -0.4 is 5.32 Å². The number of nitrogens with one attached hydrogen (secondary N) is 1. The number of aliphatic hydroxyl groups is 3. The van der Waals surface area contributed by atoms with Crippen molar-refractivity contribution in [2.45, 2.75) is 360 Å². The number of aliphatic hydroxyl groups excluding tert-OH is 3. The summed E-state index contributed by atoms with van der Waals surface area (Å²) in [6, 6.07) is -0.748. The summed E-state index contributed by atoms with van der Waals surface area (Å²) in [6.07, 6.45) is 73.6. The molecule has 73 heavy (non-hydrogen) atoms. The van der Waals surface area contributed by atoms with Crippen LogP contribution in [-0.2, 0) is 14.3 Å². The highest BCUT2D eigenvalue weighted by atomic mass is 16.5. The first-order chi connectivity index (χ1) is 35.9. The molecule has 430 valence electrons. The predicted octanol–water partition coefficient (Wildman–Crippen LogP) is 19.3. The number of hydrogen-bond acceptors (Lipinski definition) is 6. The molecule has 0 fully saturated rings. The lowest BCUT2D eigenvalue weighted by molar-refractivity contribution is -0.143. The number of carbonyl (C=O) groups is 2. The van der Waals surface area contributed by atoms with E-state index in [4.69, 9.17) is 4.74 Å². The molecule has 0 radical (unpaired) electrons. The van der Waals surface area contributed by atoms with Gasteiger partial charge in [0.15, 0.2) is 0 Å². The van der Waals surface area contributed by atoms with Gasteiger partial charge < -0.3 is 25.4 Å². The second-order valence-corrected chi connectivity index (χ2v) is 22.3. The molecule has 0 saturated carbocycles. The summed E-state index contributed by atoms with van der Waals surface area (Å²) in [5.74, 6) is -0.128. The van der Waals surface area contributed by atoms with E-state index in [2.05, 4.69) is 43.5 Å². The summed E-state index contributed by atoms with van der Waals surface area (Å²) in [5.41, 5.74) is 0. The van der Waals surface area contributed by atoms with Crippen LogP contribution in [0.1, 0.15) is 341 Å². The van der Waals surface area contributed by atoms with Crippen molar-refractivity contribution >= 4 is 11.9 Å². The first-order valence-electron chi connectivity index (χ1n) is 32.3. The minimum Gasteiger partial charge on any atom is -0.466 e. The molecule has 0 aromatic heterocycles. The average molecular weight is 1030 g/mol. The molecule has 3 atom stereocenters. The van der Waals surface area contributed by atoms with Crippen LogP contribution in [0.3, 0.4) is 0 Å². The molecule has 0 aliphatic rings. The van der Waals surface area contributed by atoms with Crippen molar-refractivity contribution < 1.29 is 29.6 Å². The van der Waals surface area contributed by atoms with Crippen LogP contribution in [0.5, 0.6) is 0 Å². The molecule has 0 aromatic rings. The average Bonchev–Trinajstić information content (AvgIpc) is 3.39. The number of amides is 1. The maximum absolute atomic E-state index is 12.5. The molecule has 0 aromatic carbocycles. The highest BCUT2D eigenvalue weighted by molar-refractivity contribution is 5.76. The van der Waals surface area contributed by atoms with E-state index in [1.807, 2.05) is 0 Å². The number of esters is 1. The van der Waals surface area contributed by atoms with Crippen LogP contribution in [-0.4, -0.2) is 58.7 Å². The summed E-state index contributed by atoms with van der Waals surface area (Å²) in [7, 11) is 0. The maximum atomic E-state index is 12.5. The quantitative estimate of drug-likeness (QED) is 0.0274. The third kappa shape index (κ3) is 57.6. The number of rotatable bonds is 60. The smallest absolute Gasteiger partial charge is 0.305 e. The van der Waals surface area contributed by atoms with Gasteiger partial charge in [0.25, 0.3) is 0 Å². The van der Waals surface area contributed by atoms with Gasteiger partial charge in [-0.2, -0.15) is 0 Å². The summed E-state index contributed by atoms with van der Waals surface area (Å²) in [6.45, 7) is 4.77. The van der Waals surface area contributed by atoms with Gasteiger partial charge in [-0.25, -0.2) is 0 Å². The number of hydrogen-bond donors (Lipinski definition) is 4. The first kappa shape index (κ1) is 71.0. The van der Waals surface area contributed by atoms with Crippen LogP contribution in [0.25, 0.3) is 0 Å². The van der Waals surface area contributed by atoms with Crippen molar-refractivity contribution in [2.24, 2.45) is 0 Å². The van der Waals surface area contributed by atoms with Crippen molar-refractivity contribution in [3.05, 3.63) is 36.5 Å². The SMILES string of the molecule is CCCCC/C=C\C/C=C\CCCCCCCC(=O)OCCCCCCCCCCCCCCCCCCCCCCCCCCCCCC(=O)N[C@@H](CO)[C@H](O)/C=C/[C@@H](O)CCCCCCCCCCCC. The number of unbranched alkanes of at least 4 members (excludes halogenated alkanes) is 43. The normalized spacial score (nSPS) is 13.2. The van der Waals surface area contributed by atoms with E-state index in [1.54, 1.807) is 6.08 Å². The third-order valence-corrected chi connectivity index (χ3v) is 15.0. The van der Waals surface area contributed by atoms with Crippen molar-refractivity contribution in [3.63, 3.8) is 0 Å². The Morgan fingerprint density at radius 3 is 1.18 bits per heavy atom. The lowest BCUT2D eigenvalue weighted by Gasteiger charge is -2.20. The van der Waals surface area contributed by atoms with E-state index in [0.717, 1.165) is 57.8 Å². The number of ether oxygens (including phenoxy) is 1. The van der Waals surface area contributed by atoms with Crippen molar-refractivity contribution in [2.75, 3.05) is 13.2 Å². The fraction of sp³-hybridized carbons (Fsp3) is 0.879. The zero-order chi connectivity index (χ0) is 53.0. The standard InChI is InChI=1S/C66H125NO6/c1-3-5-7-9-11-13-15-16-30-34-37-41-45-49-53-57-66(72)73-60-54-50-46-42-38-35-32-29-27-25-23-21-19-17-18-20-22-24-26-28-31-33-36-40-44-48-52-56-65(71)67-63(61-68)64(70)59-58-62(69)55-51-47-43-39-14-12-10-8-6-4-2/h11,13,16,30,58-59,62-64,68-70H,3-10,12,14-15,17-29,31-57,60-61H2,1-2H3,(H,67,71)/b13-11-,30-16-,59-58+/t62-,63-,64+/m0/s1. The minimum atomic E-state index is -1.02. The van der Waals surface area contributed by atoms with Crippen LogP contribution in [0.15, 0.2) is 36.5 Å². The molecule has 0 heterocycles. The molecule has 0 aliphatic heterocycles. The molecule has 0 bridgehead atoms. The van der Waals surface area contributed by atoms with Gasteiger partial charge in [-0.1, -0.05) is 307 Å². The zero-order valence-corrected chi connectivity index (χ0v) is 48.7. The van der Waals surface area contributed by atoms with Gasteiger partial charge in [0, 0.05) is 12.8 Å². The monoisotopic (exact) mass is 1030 g/mol. The number of carbonyl (C=O) groups excluding carboxylic acids is 2. The molecular formula is C66H125NO6. The van der Waals surface area contributed by atoms with Crippen LogP contribution in [0.2, 0.25) is 0 Å². The fourth-order valence-corrected chi connectivity index (χ4v) is 9.98. The van der Waals surface area contributed by atoms with Crippen LogP contribution in [0.4, 0.5) is 0 Å². The van der Waals surface area contributed by atoms with E-state index < -0.39 is 18.2 Å². The molecule has 4 N–H and O–H groups in total. The predicted molar refractivity (Wildman–Crippen MR) is 316 cm³/mol. The van der Waals surface area contributed by atoms with Crippen molar-refractivity contribution in [1.82, 2.24) is 5.32 Å². The van der Waals surface area contributed by atoms with Gasteiger partial charge in [0.2, 0.25) is 5.91 Å². The Morgan fingerprint density at radius 1 is 0.411 bits per heavy atom. The molecule has 7 nitrogen and oxygen atoms in total. The topological polar surface area (TPSA) is 116 Å². The van der Waals surface area contributed by atoms with Gasteiger partial charge in [-0.3, -0.25) is 9.59 Å². The molecule has 7 heteroatoms. The molecule has 0 unspecified atom stereocenters. The second-order valence-electron chi connectivity index (χ2n) is 22.3. The van der Waals surface area contributed by atoms with E-state index in [-0.39, 0.29) is 18.5 Å². The summed E-state index contributed by atoms with van der Waals surface area (Å²) in [5, 5.41) is 33.3. The van der Waals surface area contributed by atoms with Gasteiger partial charge >= 0.3 is 5.97 Å². The van der Waals surface area contributed by atoms with Gasteiger partial charge in [0.1, 0.15) is 0 Å². The lowest BCUT2D eigenvalue weighted by atomic mass is 10.0. The van der Waals surface area contributed by atoms with Crippen LogP contribution in [0, 0.1) is 0 Å². The Hall–Kier alpha value is -1.96. The molecule has 1 amide bonds. The Bertz CT molecular complexity index is 1200. The van der Waals surface area contributed by atoms with E-state index in [1.165, 1.54) is 256 Å². The summed E-state index contributed by atoms with van der Waals surface area (Å²) >= 11 is 0.